The zero-order valence-corrected chi connectivity index (χ0v) is 15.5. The highest BCUT2D eigenvalue weighted by Crippen LogP contribution is 2.25. The molecule has 0 fully saturated rings. The summed E-state index contributed by atoms with van der Waals surface area (Å²) in [6, 6.07) is 15.6. The summed E-state index contributed by atoms with van der Waals surface area (Å²) in [4.78, 5) is 12.9. The number of aromatic nitrogens is 4. The van der Waals surface area contributed by atoms with Crippen molar-refractivity contribution in [2.24, 2.45) is 5.14 Å². The molecule has 0 spiro atoms. The van der Waals surface area contributed by atoms with Gasteiger partial charge < -0.3 is 4.18 Å². The number of imidazole rings is 1. The Hall–Kier alpha value is -4.01. The first-order chi connectivity index (χ1) is 13.9. The molecular formula is C18H13N7O3S. The standard InChI is InChI=1S/C18H13N7O3S/c19-9-13-10-21-18(24-25-11-22-15-3-1-2-4-16(15)25)23-17(13)12-5-7-14(8-6-12)28-29(20,26)27/h1-8,10-11H,(H2,20,26,27)(H,21,23,24). The van der Waals surface area contributed by atoms with Gasteiger partial charge in [0.2, 0.25) is 5.95 Å². The fraction of sp³-hybridized carbons (Fsp3) is 0. The first-order valence-electron chi connectivity index (χ1n) is 8.22. The average Bonchev–Trinajstić information content (AvgIpc) is 3.10. The number of nitrogens with zero attached hydrogens (tertiary/aromatic N) is 5. The summed E-state index contributed by atoms with van der Waals surface area (Å²) in [6.45, 7) is 0. The minimum atomic E-state index is -4.12. The van der Waals surface area contributed by atoms with Gasteiger partial charge >= 0.3 is 10.3 Å². The minimum Gasteiger partial charge on any atom is -0.371 e. The topological polar surface area (TPSA) is 149 Å². The molecule has 0 aliphatic heterocycles. The molecule has 2 heterocycles. The maximum Gasteiger partial charge on any atom is 0.380 e. The van der Waals surface area contributed by atoms with Crippen LogP contribution in [0.1, 0.15) is 5.56 Å². The van der Waals surface area contributed by atoms with E-state index in [1.165, 1.54) is 18.3 Å². The second-order valence-corrected chi connectivity index (χ2v) is 7.04. The van der Waals surface area contributed by atoms with E-state index in [0.717, 1.165) is 11.0 Å². The Balaban J connectivity index is 1.68. The van der Waals surface area contributed by atoms with Crippen LogP contribution < -0.4 is 14.7 Å². The second kappa shape index (κ2) is 7.19. The van der Waals surface area contributed by atoms with Crippen molar-refractivity contribution in [2.75, 3.05) is 5.43 Å². The minimum absolute atomic E-state index is 0.0482. The number of nitrogens with one attached hydrogen (secondary N) is 1. The van der Waals surface area contributed by atoms with Crippen molar-refractivity contribution in [3.63, 3.8) is 0 Å². The van der Waals surface area contributed by atoms with Crippen LogP contribution in [0.2, 0.25) is 0 Å². The summed E-state index contributed by atoms with van der Waals surface area (Å²) >= 11 is 0. The third-order valence-corrected chi connectivity index (χ3v) is 4.35. The number of fused-ring (bicyclic) bond motifs is 1. The van der Waals surface area contributed by atoms with Gasteiger partial charge in [-0.05, 0) is 36.4 Å². The molecular weight excluding hydrogens is 394 g/mol. The van der Waals surface area contributed by atoms with Gasteiger partial charge in [0, 0.05) is 5.56 Å². The molecule has 0 radical (unpaired) electrons. The van der Waals surface area contributed by atoms with Crippen molar-refractivity contribution in [3.05, 3.63) is 66.6 Å². The van der Waals surface area contributed by atoms with Gasteiger partial charge in [-0.25, -0.2) is 19.6 Å². The van der Waals surface area contributed by atoms with Crippen molar-refractivity contribution in [1.29, 1.82) is 5.26 Å². The van der Waals surface area contributed by atoms with E-state index in [9.17, 15) is 13.7 Å². The van der Waals surface area contributed by atoms with Gasteiger partial charge in [0.25, 0.3) is 0 Å². The van der Waals surface area contributed by atoms with Gasteiger partial charge in [0.05, 0.1) is 28.5 Å². The Morgan fingerprint density at radius 1 is 1.10 bits per heavy atom. The summed E-state index contributed by atoms with van der Waals surface area (Å²) in [6.07, 6.45) is 3.00. The highest BCUT2D eigenvalue weighted by atomic mass is 32.2. The van der Waals surface area contributed by atoms with E-state index in [1.54, 1.807) is 23.1 Å². The summed E-state index contributed by atoms with van der Waals surface area (Å²) in [5.41, 5.74) is 5.88. The molecule has 0 amide bonds. The summed E-state index contributed by atoms with van der Waals surface area (Å²) < 4.78 is 28.3. The van der Waals surface area contributed by atoms with Crippen molar-refractivity contribution < 1.29 is 12.6 Å². The molecule has 144 valence electrons. The average molecular weight is 407 g/mol. The van der Waals surface area contributed by atoms with Crippen LogP contribution in [0.5, 0.6) is 5.75 Å². The third-order valence-electron chi connectivity index (χ3n) is 3.92. The van der Waals surface area contributed by atoms with Crippen LogP contribution in [-0.4, -0.2) is 28.0 Å². The Labute approximate surface area is 165 Å². The van der Waals surface area contributed by atoms with E-state index in [2.05, 4.69) is 24.6 Å². The Kier molecular flexibility index (Phi) is 4.55. The first-order valence-corrected chi connectivity index (χ1v) is 9.69. The van der Waals surface area contributed by atoms with Crippen LogP contribution in [0.3, 0.4) is 0 Å². The zero-order valence-electron chi connectivity index (χ0n) is 14.7. The monoisotopic (exact) mass is 407 g/mol. The third kappa shape index (κ3) is 3.98. The molecule has 10 nitrogen and oxygen atoms in total. The molecule has 0 bridgehead atoms. The molecule has 0 aliphatic carbocycles. The largest absolute Gasteiger partial charge is 0.380 e. The first kappa shape index (κ1) is 18.4. The van der Waals surface area contributed by atoms with E-state index in [0.29, 0.717) is 11.3 Å². The van der Waals surface area contributed by atoms with Crippen molar-refractivity contribution >= 4 is 27.3 Å². The van der Waals surface area contributed by atoms with Crippen LogP contribution in [0.25, 0.3) is 22.3 Å². The fourth-order valence-electron chi connectivity index (χ4n) is 2.70. The van der Waals surface area contributed by atoms with E-state index in [1.807, 2.05) is 30.3 Å². The molecule has 0 aliphatic rings. The number of hydrogen-bond acceptors (Lipinski definition) is 8. The predicted octanol–water partition coefficient (Wildman–Crippen LogP) is 1.82. The SMILES string of the molecule is N#Cc1cnc(Nn2cnc3ccccc32)nc1-c1ccc(OS(N)(=O)=O)cc1. The van der Waals surface area contributed by atoms with Gasteiger partial charge in [-0.3, -0.25) is 5.43 Å². The zero-order chi connectivity index (χ0) is 20.4. The quantitative estimate of drug-likeness (QED) is 0.509. The Morgan fingerprint density at radius 3 is 2.59 bits per heavy atom. The van der Waals surface area contributed by atoms with Gasteiger partial charge in [0.15, 0.2) is 0 Å². The van der Waals surface area contributed by atoms with Crippen molar-refractivity contribution in [3.8, 4) is 23.1 Å². The van der Waals surface area contributed by atoms with E-state index in [4.69, 9.17) is 5.14 Å². The van der Waals surface area contributed by atoms with Crippen molar-refractivity contribution in [1.82, 2.24) is 19.6 Å². The van der Waals surface area contributed by atoms with Crippen LogP contribution >= 0.6 is 0 Å². The molecule has 11 heteroatoms. The smallest absolute Gasteiger partial charge is 0.371 e. The lowest BCUT2D eigenvalue weighted by Gasteiger charge is -2.10. The maximum atomic E-state index is 11.0. The lowest BCUT2D eigenvalue weighted by molar-refractivity contribution is 0.488. The maximum absolute atomic E-state index is 11.0. The van der Waals surface area contributed by atoms with E-state index < -0.39 is 10.3 Å². The molecule has 0 saturated heterocycles. The lowest BCUT2D eigenvalue weighted by Crippen LogP contribution is -2.18. The van der Waals surface area contributed by atoms with Crippen LogP contribution in [0, 0.1) is 11.3 Å². The van der Waals surface area contributed by atoms with Gasteiger partial charge in [-0.1, -0.05) is 12.1 Å². The number of para-hydroxylation sites is 2. The van der Waals surface area contributed by atoms with Gasteiger partial charge in [0.1, 0.15) is 18.1 Å². The molecule has 4 rings (SSSR count). The molecule has 4 aromatic rings. The van der Waals surface area contributed by atoms with E-state index >= 15 is 0 Å². The summed E-state index contributed by atoms with van der Waals surface area (Å²) in [5.74, 6) is 0.305. The number of anilines is 1. The van der Waals surface area contributed by atoms with Crippen LogP contribution in [0.15, 0.2) is 61.1 Å². The van der Waals surface area contributed by atoms with Crippen LogP contribution in [0.4, 0.5) is 5.95 Å². The van der Waals surface area contributed by atoms with Crippen LogP contribution in [-0.2, 0) is 10.3 Å². The number of hydrogen-bond donors (Lipinski definition) is 2. The number of nitrogens with two attached hydrogens (primary N) is 1. The Morgan fingerprint density at radius 2 is 1.86 bits per heavy atom. The predicted molar refractivity (Wildman–Crippen MR) is 105 cm³/mol. The second-order valence-electron chi connectivity index (χ2n) is 5.88. The molecule has 0 atom stereocenters. The highest BCUT2D eigenvalue weighted by molar-refractivity contribution is 7.84. The molecule has 0 unspecified atom stereocenters. The number of rotatable bonds is 5. The molecule has 2 aromatic heterocycles. The molecule has 29 heavy (non-hydrogen) atoms. The number of benzene rings is 2. The molecule has 2 aromatic carbocycles. The van der Waals surface area contributed by atoms with E-state index in [-0.39, 0.29) is 17.3 Å². The van der Waals surface area contributed by atoms with Crippen molar-refractivity contribution in [2.45, 2.75) is 0 Å². The normalized spacial score (nSPS) is 11.2. The summed E-state index contributed by atoms with van der Waals surface area (Å²) in [7, 11) is -4.12. The number of nitriles is 1. The molecule has 3 N–H and O–H groups in total. The highest BCUT2D eigenvalue weighted by Gasteiger charge is 2.12. The summed E-state index contributed by atoms with van der Waals surface area (Å²) in [5, 5.41) is 14.2. The molecule has 0 saturated carbocycles. The Bertz CT molecular complexity index is 1340. The fourth-order valence-corrected chi connectivity index (χ4v) is 3.08. The van der Waals surface area contributed by atoms with Gasteiger partial charge in [-0.15, -0.1) is 0 Å². The lowest BCUT2D eigenvalue weighted by atomic mass is 10.1. The van der Waals surface area contributed by atoms with Gasteiger partial charge in [-0.2, -0.15) is 18.8 Å².